The smallest absolute Gasteiger partial charge is 0.227 e. The lowest BCUT2D eigenvalue weighted by Crippen LogP contribution is -2.48. The van der Waals surface area contributed by atoms with Gasteiger partial charge in [0.1, 0.15) is 0 Å². The molecule has 0 radical (unpaired) electrons. The second-order valence-electron chi connectivity index (χ2n) is 5.12. The fraction of sp³-hybridized carbons (Fsp3) is 0.533. The maximum atomic E-state index is 13.6. The SMILES string of the molecule is COc1ccc(CC(=O)N2CCCCC2CN)cc1F.Cl. The Hall–Kier alpha value is -1.33. The predicted octanol–water partition coefficient (Wildman–Crippen LogP) is 2.14. The zero-order chi connectivity index (χ0) is 14.5. The average Bonchev–Trinajstić information content (AvgIpc) is 2.47. The number of hydrogen-bond acceptors (Lipinski definition) is 3. The normalized spacial score (nSPS) is 18.0. The monoisotopic (exact) mass is 316 g/mol. The van der Waals surface area contributed by atoms with Gasteiger partial charge in [0.15, 0.2) is 11.6 Å². The van der Waals surface area contributed by atoms with Crippen molar-refractivity contribution in [1.29, 1.82) is 0 Å². The Bertz CT molecular complexity index is 485. The molecular formula is C15H22ClFN2O2. The third-order valence-corrected chi connectivity index (χ3v) is 3.79. The van der Waals surface area contributed by atoms with Gasteiger partial charge in [0, 0.05) is 19.1 Å². The van der Waals surface area contributed by atoms with Gasteiger partial charge in [-0.2, -0.15) is 0 Å². The molecule has 6 heteroatoms. The van der Waals surface area contributed by atoms with E-state index >= 15 is 0 Å². The van der Waals surface area contributed by atoms with Crippen LogP contribution >= 0.6 is 12.4 Å². The van der Waals surface area contributed by atoms with Crippen LogP contribution in [-0.2, 0) is 11.2 Å². The average molecular weight is 317 g/mol. The van der Waals surface area contributed by atoms with Crippen LogP contribution in [0.4, 0.5) is 4.39 Å². The largest absolute Gasteiger partial charge is 0.494 e. The molecule has 0 spiro atoms. The molecule has 2 N–H and O–H groups in total. The summed E-state index contributed by atoms with van der Waals surface area (Å²) in [6.07, 6.45) is 3.29. The Morgan fingerprint density at radius 3 is 2.86 bits per heavy atom. The van der Waals surface area contributed by atoms with E-state index in [1.165, 1.54) is 13.2 Å². The molecule has 1 saturated heterocycles. The lowest BCUT2D eigenvalue weighted by Gasteiger charge is -2.35. The van der Waals surface area contributed by atoms with E-state index in [1.54, 1.807) is 12.1 Å². The molecule has 0 aromatic heterocycles. The van der Waals surface area contributed by atoms with E-state index in [1.807, 2.05) is 4.90 Å². The Morgan fingerprint density at radius 1 is 1.48 bits per heavy atom. The fourth-order valence-electron chi connectivity index (χ4n) is 2.67. The van der Waals surface area contributed by atoms with Crippen LogP contribution in [0.2, 0.25) is 0 Å². The minimum atomic E-state index is -0.438. The third-order valence-electron chi connectivity index (χ3n) is 3.79. The van der Waals surface area contributed by atoms with Crippen LogP contribution < -0.4 is 10.5 Å². The zero-order valence-corrected chi connectivity index (χ0v) is 13.0. The number of methoxy groups -OCH3 is 1. The van der Waals surface area contributed by atoms with Gasteiger partial charge in [-0.05, 0) is 37.0 Å². The van der Waals surface area contributed by atoms with Crippen LogP contribution in [0.5, 0.6) is 5.75 Å². The highest BCUT2D eigenvalue weighted by Gasteiger charge is 2.25. The second kappa shape index (κ2) is 8.20. The number of ether oxygens (including phenoxy) is 1. The van der Waals surface area contributed by atoms with Crippen molar-refractivity contribution in [1.82, 2.24) is 4.90 Å². The predicted molar refractivity (Wildman–Crippen MR) is 82.3 cm³/mol. The van der Waals surface area contributed by atoms with Crippen molar-refractivity contribution in [3.05, 3.63) is 29.6 Å². The number of nitrogens with zero attached hydrogens (tertiary/aromatic N) is 1. The molecule has 4 nitrogen and oxygen atoms in total. The van der Waals surface area contributed by atoms with E-state index in [4.69, 9.17) is 10.5 Å². The van der Waals surface area contributed by atoms with Gasteiger partial charge in [-0.25, -0.2) is 4.39 Å². The molecule has 1 fully saturated rings. The minimum absolute atomic E-state index is 0. The summed E-state index contributed by atoms with van der Waals surface area (Å²) in [7, 11) is 1.42. The highest BCUT2D eigenvalue weighted by molar-refractivity contribution is 5.85. The molecule has 1 atom stereocenters. The molecule has 0 bridgehead atoms. The second-order valence-corrected chi connectivity index (χ2v) is 5.12. The summed E-state index contributed by atoms with van der Waals surface area (Å²) in [5.74, 6) is -0.226. The molecule has 2 rings (SSSR count). The van der Waals surface area contributed by atoms with E-state index in [0.717, 1.165) is 25.8 Å². The third kappa shape index (κ3) is 4.32. The van der Waals surface area contributed by atoms with E-state index < -0.39 is 5.82 Å². The van der Waals surface area contributed by atoms with Gasteiger partial charge in [-0.15, -0.1) is 12.4 Å². The maximum Gasteiger partial charge on any atom is 0.227 e. The Balaban J connectivity index is 0.00000220. The number of nitrogens with two attached hydrogens (primary N) is 1. The summed E-state index contributed by atoms with van der Waals surface area (Å²) in [6, 6.07) is 4.76. The number of halogens is 2. The number of carbonyl (C=O) groups is 1. The Labute approximate surface area is 130 Å². The standard InChI is InChI=1S/C15H21FN2O2.ClH/c1-20-14-6-5-11(8-13(14)16)9-15(19)18-7-3-2-4-12(18)10-17;/h5-6,8,12H,2-4,7,9-10,17H2,1H3;1H. The van der Waals surface area contributed by atoms with Gasteiger partial charge in [0.05, 0.1) is 13.5 Å². The minimum Gasteiger partial charge on any atom is -0.494 e. The summed E-state index contributed by atoms with van der Waals surface area (Å²) in [4.78, 5) is 14.2. The highest BCUT2D eigenvalue weighted by atomic mass is 35.5. The molecule has 1 aromatic rings. The van der Waals surface area contributed by atoms with Gasteiger partial charge in [0.25, 0.3) is 0 Å². The maximum absolute atomic E-state index is 13.6. The molecule has 0 aliphatic carbocycles. The molecule has 1 aliphatic rings. The lowest BCUT2D eigenvalue weighted by atomic mass is 10.0. The van der Waals surface area contributed by atoms with Gasteiger partial charge < -0.3 is 15.4 Å². The molecule has 21 heavy (non-hydrogen) atoms. The van der Waals surface area contributed by atoms with Gasteiger partial charge in [-0.3, -0.25) is 4.79 Å². The highest BCUT2D eigenvalue weighted by Crippen LogP contribution is 2.20. The van der Waals surface area contributed by atoms with E-state index in [0.29, 0.717) is 12.1 Å². The Morgan fingerprint density at radius 2 is 2.24 bits per heavy atom. The zero-order valence-electron chi connectivity index (χ0n) is 12.2. The lowest BCUT2D eigenvalue weighted by molar-refractivity contribution is -0.133. The van der Waals surface area contributed by atoms with Gasteiger partial charge in [0.2, 0.25) is 5.91 Å². The van der Waals surface area contributed by atoms with E-state index in [2.05, 4.69) is 0 Å². The first-order valence-electron chi connectivity index (χ1n) is 6.97. The molecule has 1 heterocycles. The number of piperidine rings is 1. The summed E-state index contributed by atoms with van der Waals surface area (Å²) in [5.41, 5.74) is 6.38. The summed E-state index contributed by atoms with van der Waals surface area (Å²) in [5, 5.41) is 0. The van der Waals surface area contributed by atoms with Crippen LogP contribution in [0.1, 0.15) is 24.8 Å². The number of amides is 1. The van der Waals surface area contributed by atoms with Crippen molar-refractivity contribution in [2.24, 2.45) is 5.73 Å². The van der Waals surface area contributed by atoms with Crippen molar-refractivity contribution in [3.8, 4) is 5.75 Å². The van der Waals surface area contributed by atoms with Gasteiger partial charge >= 0.3 is 0 Å². The Kier molecular flexibility index (Phi) is 6.92. The first-order valence-corrected chi connectivity index (χ1v) is 6.97. The van der Waals surface area contributed by atoms with E-state index in [9.17, 15) is 9.18 Å². The molecule has 1 aliphatic heterocycles. The number of rotatable bonds is 4. The van der Waals surface area contributed by atoms with Crippen molar-refractivity contribution < 1.29 is 13.9 Å². The van der Waals surface area contributed by atoms with Crippen molar-refractivity contribution in [2.75, 3.05) is 20.2 Å². The van der Waals surface area contributed by atoms with Crippen molar-refractivity contribution in [2.45, 2.75) is 31.7 Å². The molecule has 1 aromatic carbocycles. The van der Waals surface area contributed by atoms with Crippen LogP contribution in [-0.4, -0.2) is 37.0 Å². The summed E-state index contributed by atoms with van der Waals surface area (Å²) < 4.78 is 18.5. The molecule has 118 valence electrons. The molecule has 1 amide bonds. The van der Waals surface area contributed by atoms with E-state index in [-0.39, 0.29) is 36.5 Å². The first kappa shape index (κ1) is 17.7. The molecule has 1 unspecified atom stereocenters. The number of hydrogen-bond donors (Lipinski definition) is 1. The number of carbonyl (C=O) groups excluding carboxylic acids is 1. The molecule has 0 saturated carbocycles. The summed E-state index contributed by atoms with van der Waals surface area (Å²) in [6.45, 7) is 1.24. The van der Waals surface area contributed by atoms with Crippen LogP contribution in [0, 0.1) is 5.82 Å². The number of benzene rings is 1. The topological polar surface area (TPSA) is 55.6 Å². The van der Waals surface area contributed by atoms with Crippen LogP contribution in [0.15, 0.2) is 18.2 Å². The quantitative estimate of drug-likeness (QED) is 0.926. The number of likely N-dealkylation sites (tertiary alicyclic amines) is 1. The van der Waals surface area contributed by atoms with Crippen molar-refractivity contribution >= 4 is 18.3 Å². The van der Waals surface area contributed by atoms with Gasteiger partial charge in [-0.1, -0.05) is 6.07 Å². The fourth-order valence-corrected chi connectivity index (χ4v) is 2.67. The first-order chi connectivity index (χ1) is 9.65. The van der Waals surface area contributed by atoms with Crippen molar-refractivity contribution in [3.63, 3.8) is 0 Å². The van der Waals surface area contributed by atoms with Crippen LogP contribution in [0.25, 0.3) is 0 Å². The van der Waals surface area contributed by atoms with Crippen LogP contribution in [0.3, 0.4) is 0 Å². The summed E-state index contributed by atoms with van der Waals surface area (Å²) >= 11 is 0. The molecular weight excluding hydrogens is 295 g/mol.